The van der Waals surface area contributed by atoms with Crippen LogP contribution in [-0.4, -0.2) is 31.7 Å². The first-order valence-electron chi connectivity index (χ1n) is 10.4. The second kappa shape index (κ2) is 9.91. The summed E-state index contributed by atoms with van der Waals surface area (Å²) in [4.78, 5) is 32.2. The van der Waals surface area contributed by atoms with Gasteiger partial charge in [0.1, 0.15) is 17.1 Å². The molecule has 3 aromatic carbocycles. The van der Waals surface area contributed by atoms with E-state index in [1.807, 2.05) is 0 Å². The van der Waals surface area contributed by atoms with Crippen molar-refractivity contribution in [2.45, 2.75) is 0 Å². The Labute approximate surface area is 207 Å². The molecule has 0 unspecified atom stereocenters. The first kappa shape index (κ1) is 24.5. The van der Waals surface area contributed by atoms with Gasteiger partial charge in [0, 0.05) is 5.10 Å². The van der Waals surface area contributed by atoms with Gasteiger partial charge >= 0.3 is 0 Å². The maximum absolute atomic E-state index is 13.7. The first-order valence-corrected chi connectivity index (χ1v) is 10.4. The smallest absolute Gasteiger partial charge is 0.294 e. The molecule has 1 heterocycles. The molecule has 0 atom stereocenters. The van der Waals surface area contributed by atoms with E-state index in [9.17, 15) is 35.4 Å². The van der Waals surface area contributed by atoms with E-state index in [2.05, 4.69) is 5.10 Å². The number of nitrogens with zero attached hydrogens (tertiary/aromatic N) is 6. The van der Waals surface area contributed by atoms with Crippen LogP contribution >= 0.6 is 0 Å². The number of rotatable bonds is 8. The van der Waals surface area contributed by atoms with Crippen LogP contribution in [0.15, 0.2) is 79.4 Å². The molecule has 14 nitrogen and oxygen atoms in total. The fourth-order valence-electron chi connectivity index (χ4n) is 3.59. The molecule has 0 bridgehead atoms. The Morgan fingerprint density at radius 3 is 2.00 bits per heavy atom. The van der Waals surface area contributed by atoms with Gasteiger partial charge in [-0.15, -0.1) is 0 Å². The number of hydrogen-bond donors (Lipinski definition) is 0. The molecule has 14 heteroatoms. The van der Waals surface area contributed by atoms with Gasteiger partial charge in [-0.1, -0.05) is 40.8 Å². The summed E-state index contributed by atoms with van der Waals surface area (Å²) in [6.07, 6.45) is 2.45. The van der Waals surface area contributed by atoms with Gasteiger partial charge in [-0.25, -0.2) is 4.57 Å². The van der Waals surface area contributed by atoms with Crippen molar-refractivity contribution < 1.29 is 29.2 Å². The lowest BCUT2D eigenvalue weighted by atomic mass is 10.0. The lowest BCUT2D eigenvalue weighted by molar-refractivity contribution is -0.582. The second-order valence-corrected chi connectivity index (χ2v) is 7.47. The Bertz CT molecular complexity index is 1510. The van der Waals surface area contributed by atoms with E-state index < -0.39 is 48.9 Å². The lowest BCUT2D eigenvalue weighted by Gasteiger charge is -2.17. The monoisotopic (exact) mass is 504 g/mol. The van der Waals surface area contributed by atoms with E-state index >= 15 is 0 Å². The van der Waals surface area contributed by atoms with Crippen LogP contribution in [0.3, 0.4) is 0 Å². The first-order chi connectivity index (χ1) is 17.7. The summed E-state index contributed by atoms with van der Waals surface area (Å²) in [6.45, 7) is 0. The molecular weight excluding hydrogens is 488 g/mol. The normalized spacial score (nSPS) is 11.5. The van der Waals surface area contributed by atoms with Crippen molar-refractivity contribution in [3.8, 4) is 11.4 Å². The van der Waals surface area contributed by atoms with E-state index in [4.69, 9.17) is 4.74 Å². The number of non-ortho nitro benzene ring substituents is 1. The van der Waals surface area contributed by atoms with Crippen LogP contribution in [0, 0.1) is 30.3 Å². The van der Waals surface area contributed by atoms with Gasteiger partial charge in [0.15, 0.2) is 5.56 Å². The minimum Gasteiger partial charge on any atom is -0.870 e. The quantitative estimate of drug-likeness (QED) is 0.114. The number of ether oxygens (including phenoxy) is 1. The number of nitro groups is 3. The molecule has 4 aromatic rings. The summed E-state index contributed by atoms with van der Waals surface area (Å²) < 4.78 is 7.56. The zero-order valence-electron chi connectivity index (χ0n) is 19.0. The Balaban J connectivity index is 2.04. The van der Waals surface area contributed by atoms with Crippen molar-refractivity contribution >= 4 is 28.5 Å². The Kier molecular flexibility index (Phi) is 6.55. The minimum absolute atomic E-state index is 0.0733. The molecule has 1 aromatic heterocycles. The molecule has 0 N–H and O–H groups in total. The highest BCUT2D eigenvalue weighted by molar-refractivity contribution is 5.89. The molecule has 0 radical (unpaired) electrons. The van der Waals surface area contributed by atoms with Crippen LogP contribution in [-0.2, 0) is 0 Å². The summed E-state index contributed by atoms with van der Waals surface area (Å²) in [5.41, 5.74) is -3.42. The van der Waals surface area contributed by atoms with Gasteiger partial charge in [-0.05, 0) is 29.8 Å². The molecule has 37 heavy (non-hydrogen) atoms. The number of nitro benzene ring substituents is 3. The summed E-state index contributed by atoms with van der Waals surface area (Å²) >= 11 is 0. The largest absolute Gasteiger partial charge is 0.870 e. The van der Waals surface area contributed by atoms with E-state index in [0.717, 1.165) is 10.9 Å². The van der Waals surface area contributed by atoms with Crippen molar-refractivity contribution in [1.82, 2.24) is 9.78 Å². The van der Waals surface area contributed by atoms with Crippen molar-refractivity contribution in [3.05, 3.63) is 121 Å². The molecule has 4 rings (SSSR count). The highest BCUT2D eigenvalue weighted by Crippen LogP contribution is 2.39. The molecule has 0 saturated heterocycles. The molecule has 0 aliphatic heterocycles. The van der Waals surface area contributed by atoms with E-state index in [1.165, 1.54) is 30.3 Å². The SMILES string of the molecule is COc1ccc(-n2c[n+](/C(=C(/[O-])c3ccccc3)c3c([N+](=O)[O-])cc([N+](=O)[O-])cc3[N+](=O)[O-])cn2)cc1. The third-order valence-electron chi connectivity index (χ3n) is 5.30. The third-order valence-corrected chi connectivity index (χ3v) is 5.30. The third kappa shape index (κ3) is 4.79. The zero-order chi connectivity index (χ0) is 26.7. The number of hydrogen-bond acceptors (Lipinski definition) is 9. The average Bonchev–Trinajstić information content (AvgIpc) is 3.38. The number of benzene rings is 3. The van der Waals surface area contributed by atoms with Gasteiger partial charge in [-0.3, -0.25) is 30.3 Å². The van der Waals surface area contributed by atoms with Crippen molar-refractivity contribution in [2.75, 3.05) is 7.11 Å². The zero-order valence-corrected chi connectivity index (χ0v) is 19.0. The molecule has 0 saturated carbocycles. The van der Waals surface area contributed by atoms with Crippen molar-refractivity contribution in [3.63, 3.8) is 0 Å². The maximum atomic E-state index is 13.7. The van der Waals surface area contributed by atoms with Crippen LogP contribution in [0.1, 0.15) is 11.1 Å². The summed E-state index contributed by atoms with van der Waals surface area (Å²) in [7, 11) is 1.50. The Morgan fingerprint density at radius 1 is 0.892 bits per heavy atom. The summed E-state index contributed by atoms with van der Waals surface area (Å²) in [5.74, 6) is -0.229. The van der Waals surface area contributed by atoms with Gasteiger partial charge < -0.3 is 9.84 Å². The molecular formula is C23H16N6O8. The summed E-state index contributed by atoms with van der Waals surface area (Å²) in [5, 5.41) is 53.0. The second-order valence-electron chi connectivity index (χ2n) is 7.47. The lowest BCUT2D eigenvalue weighted by Crippen LogP contribution is -2.34. The fourth-order valence-corrected chi connectivity index (χ4v) is 3.59. The Morgan fingerprint density at radius 2 is 1.49 bits per heavy atom. The highest BCUT2D eigenvalue weighted by Gasteiger charge is 2.35. The Hall–Kier alpha value is -5.66. The average molecular weight is 504 g/mol. The van der Waals surface area contributed by atoms with E-state index in [0.29, 0.717) is 23.6 Å². The molecule has 0 spiro atoms. The number of aromatic nitrogens is 3. The van der Waals surface area contributed by atoms with Crippen LogP contribution < -0.4 is 14.4 Å². The molecule has 0 aliphatic rings. The predicted molar refractivity (Wildman–Crippen MR) is 125 cm³/mol. The maximum Gasteiger partial charge on any atom is 0.294 e. The van der Waals surface area contributed by atoms with E-state index in [-0.39, 0.29) is 5.56 Å². The number of methoxy groups -OCH3 is 1. The highest BCUT2D eigenvalue weighted by atomic mass is 16.6. The minimum atomic E-state index is -1.01. The van der Waals surface area contributed by atoms with Crippen molar-refractivity contribution in [1.29, 1.82) is 0 Å². The van der Waals surface area contributed by atoms with Gasteiger partial charge in [0.2, 0.25) is 6.33 Å². The van der Waals surface area contributed by atoms with Gasteiger partial charge in [0.05, 0.1) is 34.0 Å². The van der Waals surface area contributed by atoms with Crippen molar-refractivity contribution in [2.24, 2.45) is 0 Å². The van der Waals surface area contributed by atoms with Gasteiger partial charge in [-0.2, -0.15) is 0 Å². The molecule has 0 amide bonds. The predicted octanol–water partition coefficient (Wildman–Crippen LogP) is 2.63. The standard InChI is InChI=1S/C23H16N6O8/c1-37-18-9-7-16(8-10-18)26-14-25(13-24-26)22(23(30)15-5-3-2-4-6-15)21-19(28(33)34)11-17(27(31)32)12-20(21)29(35)36/h2-14H,1H3/b23-22+. The molecule has 0 aliphatic carbocycles. The van der Waals surface area contributed by atoms with Crippen LogP contribution in [0.4, 0.5) is 17.1 Å². The van der Waals surface area contributed by atoms with Crippen LogP contribution in [0.2, 0.25) is 0 Å². The molecule has 0 fully saturated rings. The topological polar surface area (TPSA) is 183 Å². The van der Waals surface area contributed by atoms with E-state index in [1.54, 1.807) is 42.5 Å². The van der Waals surface area contributed by atoms with Crippen LogP contribution in [0.5, 0.6) is 5.75 Å². The van der Waals surface area contributed by atoms with Crippen LogP contribution in [0.25, 0.3) is 17.1 Å². The fraction of sp³-hybridized carbons (Fsp3) is 0.0435. The molecule has 186 valence electrons. The summed E-state index contributed by atoms with van der Waals surface area (Å²) in [6, 6.07) is 15.4. The van der Waals surface area contributed by atoms with Gasteiger partial charge in [0.25, 0.3) is 23.4 Å².